The Morgan fingerprint density at radius 2 is 2.04 bits per heavy atom. The molecule has 0 amide bonds. The van der Waals surface area contributed by atoms with Crippen LogP contribution in [0.2, 0.25) is 0 Å². The smallest absolute Gasteiger partial charge is 0.184 e. The van der Waals surface area contributed by atoms with Crippen molar-refractivity contribution in [3.8, 4) is 17.1 Å². The number of hydrogen-bond acceptors (Lipinski definition) is 6. The van der Waals surface area contributed by atoms with Crippen molar-refractivity contribution in [2.24, 2.45) is 0 Å². The predicted octanol–water partition coefficient (Wildman–Crippen LogP) is 1.97. The highest BCUT2D eigenvalue weighted by Gasteiger charge is 2.13. The van der Waals surface area contributed by atoms with Crippen LogP contribution < -0.4 is 4.74 Å². The molecule has 0 spiro atoms. The first-order valence-electron chi connectivity index (χ1n) is 8.44. The molecule has 0 radical (unpaired) electrons. The van der Waals surface area contributed by atoms with E-state index in [1.165, 1.54) is 5.56 Å². The Kier molecular flexibility index (Phi) is 5.93. The molecule has 1 N–H and O–H groups in total. The predicted molar refractivity (Wildman–Crippen MR) is 98.5 cm³/mol. The molecule has 136 valence electrons. The second-order valence-electron chi connectivity index (χ2n) is 6.12. The van der Waals surface area contributed by atoms with Gasteiger partial charge in [-0.3, -0.25) is 14.6 Å². The van der Waals surface area contributed by atoms with Crippen LogP contribution in [0.1, 0.15) is 11.1 Å². The lowest BCUT2D eigenvalue weighted by atomic mass is 10.1. The van der Waals surface area contributed by atoms with Gasteiger partial charge in [-0.25, -0.2) is 4.98 Å². The van der Waals surface area contributed by atoms with Crippen molar-refractivity contribution in [3.63, 3.8) is 0 Å². The summed E-state index contributed by atoms with van der Waals surface area (Å²) >= 11 is 0. The molecule has 2 aromatic heterocycles. The number of aliphatic hydroxyl groups excluding tert-OH is 1. The molecule has 1 aromatic carbocycles. The fraction of sp³-hybridized carbons (Fsp3) is 0.316. The second kappa shape index (κ2) is 8.55. The van der Waals surface area contributed by atoms with Crippen LogP contribution in [0.15, 0.2) is 49.1 Å². The van der Waals surface area contributed by atoms with E-state index in [1.54, 1.807) is 24.3 Å². The van der Waals surface area contributed by atoms with E-state index in [-0.39, 0.29) is 6.61 Å². The Bertz CT molecular complexity index is 835. The Morgan fingerprint density at radius 1 is 1.19 bits per heavy atom. The first-order valence-corrected chi connectivity index (χ1v) is 8.44. The average molecular weight is 353 g/mol. The zero-order chi connectivity index (χ0) is 18.4. The van der Waals surface area contributed by atoms with E-state index in [0.717, 1.165) is 30.0 Å². The summed E-state index contributed by atoms with van der Waals surface area (Å²) in [6.07, 6.45) is 5.28. The zero-order valence-electron chi connectivity index (χ0n) is 15.0. The summed E-state index contributed by atoms with van der Waals surface area (Å²) in [7, 11) is 3.71. The standard InChI is InChI=1S/C19H23N5O2/c1-23(13-16-4-3-7-20-11-16)12-15-5-6-18(26-2)17(10-15)19-21-14-24(22-19)8-9-25/h3-7,10-11,14,25H,8-9,12-13H2,1-2H3. The lowest BCUT2D eigenvalue weighted by Gasteiger charge is -2.17. The molecule has 0 bridgehead atoms. The van der Waals surface area contributed by atoms with Crippen molar-refractivity contribution < 1.29 is 9.84 Å². The first-order chi connectivity index (χ1) is 12.7. The highest BCUT2D eigenvalue weighted by Crippen LogP contribution is 2.28. The van der Waals surface area contributed by atoms with Gasteiger partial charge >= 0.3 is 0 Å². The number of hydrogen-bond donors (Lipinski definition) is 1. The zero-order valence-corrected chi connectivity index (χ0v) is 15.0. The average Bonchev–Trinajstić information content (AvgIpc) is 3.11. The summed E-state index contributed by atoms with van der Waals surface area (Å²) in [6, 6.07) is 10.1. The Balaban J connectivity index is 1.78. The number of ether oxygens (including phenoxy) is 1. The van der Waals surface area contributed by atoms with E-state index in [0.29, 0.717) is 12.4 Å². The number of rotatable bonds is 8. The SMILES string of the molecule is COc1ccc(CN(C)Cc2cccnc2)cc1-c1ncn(CCO)n1. The molecule has 0 unspecified atom stereocenters. The third kappa shape index (κ3) is 4.44. The maximum atomic E-state index is 9.04. The summed E-state index contributed by atoms with van der Waals surface area (Å²) in [5, 5.41) is 13.5. The summed E-state index contributed by atoms with van der Waals surface area (Å²) < 4.78 is 7.09. The number of aromatic nitrogens is 4. The summed E-state index contributed by atoms with van der Waals surface area (Å²) in [5.41, 5.74) is 3.16. The lowest BCUT2D eigenvalue weighted by molar-refractivity contribution is 0.269. The molecule has 0 saturated heterocycles. The van der Waals surface area contributed by atoms with Crippen LogP contribution in [0.4, 0.5) is 0 Å². The van der Waals surface area contributed by atoms with Gasteiger partial charge in [-0.2, -0.15) is 5.10 Å². The molecule has 0 aliphatic rings. The highest BCUT2D eigenvalue weighted by molar-refractivity contribution is 5.64. The molecule has 0 aliphatic heterocycles. The van der Waals surface area contributed by atoms with E-state index < -0.39 is 0 Å². The Labute approximate surface area is 152 Å². The van der Waals surface area contributed by atoms with E-state index in [1.807, 2.05) is 24.4 Å². The van der Waals surface area contributed by atoms with Gasteiger partial charge in [-0.1, -0.05) is 12.1 Å². The van der Waals surface area contributed by atoms with Gasteiger partial charge in [-0.05, 0) is 36.4 Å². The van der Waals surface area contributed by atoms with Crippen molar-refractivity contribution in [2.45, 2.75) is 19.6 Å². The van der Waals surface area contributed by atoms with Crippen LogP contribution in [-0.4, -0.2) is 50.5 Å². The van der Waals surface area contributed by atoms with Gasteiger partial charge in [0.2, 0.25) is 0 Å². The van der Waals surface area contributed by atoms with Crippen LogP contribution in [0.25, 0.3) is 11.4 Å². The minimum Gasteiger partial charge on any atom is -0.496 e. The number of benzene rings is 1. The molecular formula is C19H23N5O2. The van der Waals surface area contributed by atoms with E-state index >= 15 is 0 Å². The molecular weight excluding hydrogens is 330 g/mol. The van der Waals surface area contributed by atoms with Crippen LogP contribution >= 0.6 is 0 Å². The van der Waals surface area contributed by atoms with Gasteiger partial charge in [0, 0.05) is 25.5 Å². The molecule has 26 heavy (non-hydrogen) atoms. The van der Waals surface area contributed by atoms with Gasteiger partial charge in [0.05, 0.1) is 25.8 Å². The molecule has 7 nitrogen and oxygen atoms in total. The minimum absolute atomic E-state index is 0.0269. The van der Waals surface area contributed by atoms with Crippen molar-refractivity contribution in [1.29, 1.82) is 0 Å². The Morgan fingerprint density at radius 3 is 2.77 bits per heavy atom. The van der Waals surface area contributed by atoms with Crippen molar-refractivity contribution in [3.05, 3.63) is 60.2 Å². The van der Waals surface area contributed by atoms with Gasteiger partial charge < -0.3 is 9.84 Å². The van der Waals surface area contributed by atoms with Crippen LogP contribution in [-0.2, 0) is 19.6 Å². The van der Waals surface area contributed by atoms with E-state index in [4.69, 9.17) is 9.84 Å². The van der Waals surface area contributed by atoms with Gasteiger partial charge in [0.25, 0.3) is 0 Å². The van der Waals surface area contributed by atoms with E-state index in [2.05, 4.69) is 39.1 Å². The Hall–Kier alpha value is -2.77. The quantitative estimate of drug-likeness (QED) is 0.667. The monoisotopic (exact) mass is 353 g/mol. The molecule has 3 rings (SSSR count). The maximum absolute atomic E-state index is 9.04. The minimum atomic E-state index is 0.0269. The third-order valence-corrected chi connectivity index (χ3v) is 4.00. The molecule has 3 aromatic rings. The fourth-order valence-electron chi connectivity index (χ4n) is 2.83. The molecule has 2 heterocycles. The molecule has 0 aliphatic carbocycles. The second-order valence-corrected chi connectivity index (χ2v) is 6.12. The van der Waals surface area contributed by atoms with Gasteiger partial charge in [-0.15, -0.1) is 0 Å². The fourth-order valence-corrected chi connectivity index (χ4v) is 2.83. The molecule has 0 saturated carbocycles. The van der Waals surface area contributed by atoms with E-state index in [9.17, 15) is 0 Å². The largest absolute Gasteiger partial charge is 0.496 e. The normalized spacial score (nSPS) is 11.1. The number of aliphatic hydroxyl groups is 1. The molecule has 7 heteroatoms. The molecule has 0 fully saturated rings. The van der Waals surface area contributed by atoms with Crippen LogP contribution in [0, 0.1) is 0 Å². The third-order valence-electron chi connectivity index (χ3n) is 4.00. The van der Waals surface area contributed by atoms with Crippen LogP contribution in [0.3, 0.4) is 0 Å². The number of methoxy groups -OCH3 is 1. The van der Waals surface area contributed by atoms with Crippen molar-refractivity contribution in [2.75, 3.05) is 20.8 Å². The van der Waals surface area contributed by atoms with Crippen LogP contribution in [0.5, 0.6) is 5.75 Å². The summed E-state index contributed by atoms with van der Waals surface area (Å²) in [4.78, 5) is 10.7. The first kappa shape index (κ1) is 18.0. The molecule has 0 atom stereocenters. The van der Waals surface area contributed by atoms with Gasteiger partial charge in [0.15, 0.2) is 5.82 Å². The van der Waals surface area contributed by atoms with Gasteiger partial charge in [0.1, 0.15) is 12.1 Å². The van der Waals surface area contributed by atoms with Crippen molar-refractivity contribution >= 4 is 0 Å². The topological polar surface area (TPSA) is 76.3 Å². The highest BCUT2D eigenvalue weighted by atomic mass is 16.5. The lowest BCUT2D eigenvalue weighted by Crippen LogP contribution is -2.17. The number of nitrogens with zero attached hydrogens (tertiary/aromatic N) is 5. The number of pyridine rings is 1. The summed E-state index contributed by atoms with van der Waals surface area (Å²) in [6.45, 7) is 2.05. The maximum Gasteiger partial charge on any atom is 0.184 e. The van der Waals surface area contributed by atoms with Crippen molar-refractivity contribution in [1.82, 2.24) is 24.6 Å². The summed E-state index contributed by atoms with van der Waals surface area (Å²) in [5.74, 6) is 1.32.